The first kappa shape index (κ1) is 21.1. The van der Waals surface area contributed by atoms with E-state index in [0.29, 0.717) is 22.0 Å². The van der Waals surface area contributed by atoms with E-state index in [9.17, 15) is 20.2 Å². The van der Waals surface area contributed by atoms with E-state index < -0.39 is 10.8 Å². The SMILES string of the molecule is Cc1cccc(Cl)c1NC(=O)/C(C#N)=C/c1ccc(-c2ccc(Cl)c([N+](=O)[O-])c2)o1. The normalized spacial score (nSPS) is 11.1. The van der Waals surface area contributed by atoms with Crippen LogP contribution in [0.5, 0.6) is 0 Å². The number of aryl methyl sites for hydroxylation is 1. The van der Waals surface area contributed by atoms with Crippen LogP contribution in [0.4, 0.5) is 11.4 Å². The molecule has 0 radical (unpaired) electrons. The van der Waals surface area contributed by atoms with Gasteiger partial charge in [-0.3, -0.25) is 14.9 Å². The number of hydrogen-bond acceptors (Lipinski definition) is 5. The predicted molar refractivity (Wildman–Crippen MR) is 114 cm³/mol. The number of carbonyl (C=O) groups is 1. The second-order valence-corrected chi connectivity index (χ2v) is 7.00. The maximum absolute atomic E-state index is 12.5. The fourth-order valence-electron chi connectivity index (χ4n) is 2.65. The van der Waals surface area contributed by atoms with Crippen molar-refractivity contribution in [3.05, 3.63) is 85.6 Å². The highest BCUT2D eigenvalue weighted by Crippen LogP contribution is 2.32. The van der Waals surface area contributed by atoms with Gasteiger partial charge in [0.1, 0.15) is 28.2 Å². The molecule has 0 aliphatic rings. The minimum Gasteiger partial charge on any atom is -0.457 e. The molecule has 2 aromatic carbocycles. The van der Waals surface area contributed by atoms with Crippen LogP contribution in [0.15, 0.2) is 58.5 Å². The van der Waals surface area contributed by atoms with Gasteiger partial charge in [-0.25, -0.2) is 0 Å². The number of nitro groups is 1. The molecular formula is C21H13Cl2N3O4. The molecule has 0 unspecified atom stereocenters. The summed E-state index contributed by atoms with van der Waals surface area (Å²) in [6, 6.07) is 14.4. The van der Waals surface area contributed by atoms with Crippen LogP contribution in [0.1, 0.15) is 11.3 Å². The number of para-hydroxylation sites is 1. The van der Waals surface area contributed by atoms with Crippen LogP contribution in [0.2, 0.25) is 10.0 Å². The minimum absolute atomic E-state index is 0.00808. The summed E-state index contributed by atoms with van der Waals surface area (Å²) in [5, 5.41) is 23.4. The van der Waals surface area contributed by atoms with E-state index in [1.807, 2.05) is 6.07 Å². The van der Waals surface area contributed by atoms with Crippen LogP contribution in [0.25, 0.3) is 17.4 Å². The highest BCUT2D eigenvalue weighted by molar-refractivity contribution is 6.34. The van der Waals surface area contributed by atoms with Crippen molar-refractivity contribution >= 4 is 46.6 Å². The molecule has 150 valence electrons. The molecule has 7 nitrogen and oxygen atoms in total. The molecule has 0 spiro atoms. The van der Waals surface area contributed by atoms with Gasteiger partial charge >= 0.3 is 0 Å². The molecule has 0 aliphatic carbocycles. The van der Waals surface area contributed by atoms with Crippen molar-refractivity contribution in [2.24, 2.45) is 0 Å². The number of benzene rings is 2. The number of carbonyl (C=O) groups excluding carboxylic acids is 1. The van der Waals surface area contributed by atoms with Crippen molar-refractivity contribution in [2.75, 3.05) is 5.32 Å². The first-order valence-electron chi connectivity index (χ1n) is 8.52. The topological polar surface area (TPSA) is 109 Å². The zero-order valence-corrected chi connectivity index (χ0v) is 17.0. The summed E-state index contributed by atoms with van der Waals surface area (Å²) in [5.74, 6) is -0.0976. The number of anilines is 1. The van der Waals surface area contributed by atoms with Crippen molar-refractivity contribution in [3.63, 3.8) is 0 Å². The first-order chi connectivity index (χ1) is 14.3. The van der Waals surface area contributed by atoms with Crippen molar-refractivity contribution < 1.29 is 14.1 Å². The molecule has 1 aromatic heterocycles. The molecule has 0 saturated carbocycles. The molecule has 0 aliphatic heterocycles. The van der Waals surface area contributed by atoms with Gasteiger partial charge in [0.05, 0.1) is 15.6 Å². The van der Waals surface area contributed by atoms with Gasteiger partial charge in [0.25, 0.3) is 11.6 Å². The van der Waals surface area contributed by atoms with E-state index in [2.05, 4.69) is 5.32 Å². The average molecular weight is 442 g/mol. The molecule has 3 rings (SSSR count). The molecule has 1 N–H and O–H groups in total. The Hall–Kier alpha value is -3.60. The van der Waals surface area contributed by atoms with Gasteiger partial charge in [-0.1, -0.05) is 35.3 Å². The number of amides is 1. The van der Waals surface area contributed by atoms with E-state index in [1.54, 1.807) is 43.3 Å². The zero-order chi connectivity index (χ0) is 21.8. The van der Waals surface area contributed by atoms with Crippen LogP contribution in [-0.2, 0) is 4.79 Å². The Bertz CT molecular complexity index is 1200. The number of furan rings is 1. The van der Waals surface area contributed by atoms with Crippen molar-refractivity contribution in [3.8, 4) is 17.4 Å². The van der Waals surface area contributed by atoms with E-state index >= 15 is 0 Å². The van der Waals surface area contributed by atoms with Gasteiger partial charge in [0.2, 0.25) is 0 Å². The standard InChI is InChI=1S/C21H13Cl2N3O4/c1-12-3-2-4-17(23)20(12)25-21(27)14(11-24)9-15-6-8-19(30-15)13-5-7-16(22)18(10-13)26(28)29/h2-10H,1H3,(H,25,27)/b14-9+. The summed E-state index contributed by atoms with van der Waals surface area (Å²) in [7, 11) is 0. The second-order valence-electron chi connectivity index (χ2n) is 6.18. The van der Waals surface area contributed by atoms with Gasteiger partial charge in [0.15, 0.2) is 0 Å². The Morgan fingerprint density at radius 3 is 2.63 bits per heavy atom. The maximum Gasteiger partial charge on any atom is 0.288 e. The third-order valence-corrected chi connectivity index (χ3v) is 4.80. The summed E-state index contributed by atoms with van der Waals surface area (Å²) in [6.07, 6.45) is 1.27. The lowest BCUT2D eigenvalue weighted by atomic mass is 10.1. The summed E-state index contributed by atoms with van der Waals surface area (Å²) >= 11 is 11.9. The van der Waals surface area contributed by atoms with E-state index in [4.69, 9.17) is 27.6 Å². The van der Waals surface area contributed by atoms with Crippen LogP contribution in [-0.4, -0.2) is 10.8 Å². The Labute approximate surface area is 181 Å². The lowest BCUT2D eigenvalue weighted by Crippen LogP contribution is -2.14. The maximum atomic E-state index is 12.5. The Morgan fingerprint density at radius 2 is 1.97 bits per heavy atom. The average Bonchev–Trinajstić information content (AvgIpc) is 3.17. The van der Waals surface area contributed by atoms with Gasteiger partial charge in [0, 0.05) is 17.7 Å². The fraction of sp³-hybridized carbons (Fsp3) is 0.0476. The molecule has 1 heterocycles. The van der Waals surface area contributed by atoms with Gasteiger partial charge in [-0.15, -0.1) is 0 Å². The summed E-state index contributed by atoms with van der Waals surface area (Å²) in [4.78, 5) is 23.0. The van der Waals surface area contributed by atoms with Gasteiger partial charge < -0.3 is 9.73 Å². The molecule has 9 heteroatoms. The van der Waals surface area contributed by atoms with E-state index in [-0.39, 0.29) is 22.0 Å². The van der Waals surface area contributed by atoms with Crippen LogP contribution in [0, 0.1) is 28.4 Å². The van der Waals surface area contributed by atoms with Crippen LogP contribution in [0.3, 0.4) is 0 Å². The Balaban J connectivity index is 1.87. The van der Waals surface area contributed by atoms with Crippen molar-refractivity contribution in [2.45, 2.75) is 6.92 Å². The summed E-state index contributed by atoms with van der Waals surface area (Å²) in [5.41, 5.74) is 1.14. The lowest BCUT2D eigenvalue weighted by Gasteiger charge is -2.09. The number of nitro benzene ring substituents is 1. The van der Waals surface area contributed by atoms with Gasteiger partial charge in [-0.2, -0.15) is 5.26 Å². The smallest absolute Gasteiger partial charge is 0.288 e. The fourth-order valence-corrected chi connectivity index (χ4v) is 3.11. The predicted octanol–water partition coefficient (Wildman–Crippen LogP) is 6.02. The largest absolute Gasteiger partial charge is 0.457 e. The highest BCUT2D eigenvalue weighted by atomic mass is 35.5. The number of rotatable bonds is 5. The van der Waals surface area contributed by atoms with E-state index in [1.165, 1.54) is 18.2 Å². The quantitative estimate of drug-likeness (QED) is 0.225. The van der Waals surface area contributed by atoms with E-state index in [0.717, 1.165) is 5.56 Å². The molecular weight excluding hydrogens is 429 g/mol. The van der Waals surface area contributed by atoms with Crippen molar-refractivity contribution in [1.29, 1.82) is 5.26 Å². The third kappa shape index (κ3) is 4.51. The molecule has 30 heavy (non-hydrogen) atoms. The third-order valence-electron chi connectivity index (χ3n) is 4.17. The number of nitriles is 1. The monoisotopic (exact) mass is 441 g/mol. The second kappa shape index (κ2) is 8.82. The highest BCUT2D eigenvalue weighted by Gasteiger charge is 2.17. The Morgan fingerprint density at radius 1 is 1.20 bits per heavy atom. The molecule has 0 bridgehead atoms. The number of halogens is 2. The molecule has 0 fully saturated rings. The molecule has 3 aromatic rings. The lowest BCUT2D eigenvalue weighted by molar-refractivity contribution is -0.384. The number of hydrogen-bond donors (Lipinski definition) is 1. The molecule has 0 saturated heterocycles. The number of nitrogens with one attached hydrogen (secondary N) is 1. The Kier molecular flexibility index (Phi) is 6.21. The summed E-state index contributed by atoms with van der Waals surface area (Å²) < 4.78 is 5.63. The van der Waals surface area contributed by atoms with Gasteiger partial charge in [-0.05, 0) is 42.8 Å². The minimum atomic E-state index is -0.645. The summed E-state index contributed by atoms with van der Waals surface area (Å²) in [6.45, 7) is 1.78. The molecule has 0 atom stereocenters. The zero-order valence-electron chi connectivity index (χ0n) is 15.5. The number of nitrogens with zero attached hydrogens (tertiary/aromatic N) is 2. The molecule has 1 amide bonds. The first-order valence-corrected chi connectivity index (χ1v) is 9.28. The van der Waals surface area contributed by atoms with Crippen LogP contribution >= 0.6 is 23.2 Å². The van der Waals surface area contributed by atoms with Crippen molar-refractivity contribution in [1.82, 2.24) is 0 Å². The van der Waals surface area contributed by atoms with Crippen LogP contribution < -0.4 is 5.32 Å².